The number of oxazole rings is 1. The summed E-state index contributed by atoms with van der Waals surface area (Å²) >= 11 is 0. The fraction of sp³-hybridized carbons (Fsp3) is 0.261. The number of nitrogens with zero attached hydrogens (tertiary/aromatic N) is 1. The van der Waals surface area contributed by atoms with Crippen molar-refractivity contribution in [2.75, 3.05) is 19.0 Å². The van der Waals surface area contributed by atoms with Crippen LogP contribution in [0.1, 0.15) is 29.9 Å². The minimum atomic E-state index is -0.335. The smallest absolute Gasteiger partial charge is 0.319 e. The number of anilines is 1. The minimum absolute atomic E-state index is 0.0630. The Labute approximate surface area is 181 Å². The summed E-state index contributed by atoms with van der Waals surface area (Å²) in [5.41, 5.74) is 2.73. The molecule has 31 heavy (non-hydrogen) atoms. The van der Waals surface area contributed by atoms with E-state index in [1.165, 1.54) is 0 Å². The number of ether oxygens (including phenoxy) is 1. The second kappa shape index (κ2) is 10.3. The minimum Gasteiger partial charge on any atom is -0.497 e. The first-order valence-corrected chi connectivity index (χ1v) is 9.99. The number of aromatic nitrogens is 1. The van der Waals surface area contributed by atoms with Gasteiger partial charge in [-0.2, -0.15) is 0 Å². The Bertz CT molecular complexity index is 1010. The molecule has 3 amide bonds. The van der Waals surface area contributed by atoms with Gasteiger partial charge in [-0.15, -0.1) is 0 Å². The molecular weight excluding hydrogens is 396 g/mol. The van der Waals surface area contributed by atoms with E-state index in [4.69, 9.17) is 9.15 Å². The maximum atomic E-state index is 12.1. The molecule has 3 rings (SSSR count). The molecule has 0 aliphatic carbocycles. The Morgan fingerprint density at radius 2 is 1.77 bits per heavy atom. The van der Waals surface area contributed by atoms with Crippen LogP contribution in [0.3, 0.4) is 0 Å². The van der Waals surface area contributed by atoms with Gasteiger partial charge in [0.05, 0.1) is 12.8 Å². The molecule has 162 valence electrons. The molecule has 3 N–H and O–H groups in total. The first-order chi connectivity index (χ1) is 14.9. The predicted octanol–water partition coefficient (Wildman–Crippen LogP) is 3.85. The molecule has 0 unspecified atom stereocenters. The van der Waals surface area contributed by atoms with Gasteiger partial charge in [0.1, 0.15) is 12.0 Å². The molecule has 0 fully saturated rings. The lowest BCUT2D eigenvalue weighted by atomic mass is 10.2. The van der Waals surface area contributed by atoms with Gasteiger partial charge in [0, 0.05) is 35.8 Å². The summed E-state index contributed by atoms with van der Waals surface area (Å²) in [6, 6.07) is 13.9. The fourth-order valence-corrected chi connectivity index (χ4v) is 2.82. The molecule has 8 heteroatoms. The summed E-state index contributed by atoms with van der Waals surface area (Å²) in [7, 11) is 1.61. The first kappa shape index (κ1) is 21.9. The topological polar surface area (TPSA) is 105 Å². The maximum Gasteiger partial charge on any atom is 0.319 e. The summed E-state index contributed by atoms with van der Waals surface area (Å²) in [6.45, 7) is 4.20. The van der Waals surface area contributed by atoms with Crippen molar-refractivity contribution in [3.05, 3.63) is 66.1 Å². The first-order valence-electron chi connectivity index (χ1n) is 9.99. The third kappa shape index (κ3) is 6.33. The molecule has 0 saturated carbocycles. The van der Waals surface area contributed by atoms with E-state index in [1.807, 2.05) is 38.1 Å². The average molecular weight is 422 g/mol. The molecule has 1 aromatic heterocycles. The lowest BCUT2D eigenvalue weighted by Crippen LogP contribution is -2.31. The quantitative estimate of drug-likeness (QED) is 0.511. The van der Waals surface area contributed by atoms with Crippen LogP contribution in [0.15, 0.2) is 59.2 Å². The number of urea groups is 1. The molecule has 1 heterocycles. The lowest BCUT2D eigenvalue weighted by Gasteiger charge is -2.10. The largest absolute Gasteiger partial charge is 0.497 e. The number of rotatable bonds is 8. The van der Waals surface area contributed by atoms with E-state index in [2.05, 4.69) is 20.9 Å². The molecule has 0 spiro atoms. The molecule has 0 radical (unpaired) electrons. The highest BCUT2D eigenvalue weighted by atomic mass is 16.5. The van der Waals surface area contributed by atoms with Gasteiger partial charge in [-0.1, -0.05) is 0 Å². The molecule has 0 aliphatic rings. The van der Waals surface area contributed by atoms with Gasteiger partial charge >= 0.3 is 6.03 Å². The fourth-order valence-electron chi connectivity index (χ4n) is 2.82. The van der Waals surface area contributed by atoms with Gasteiger partial charge in [-0.25, -0.2) is 9.78 Å². The molecule has 0 bridgehead atoms. The average Bonchev–Trinajstić information content (AvgIpc) is 3.22. The van der Waals surface area contributed by atoms with Crippen molar-refractivity contribution < 1.29 is 18.7 Å². The summed E-state index contributed by atoms with van der Waals surface area (Å²) in [5.74, 6) is 1.13. The molecule has 0 aliphatic heterocycles. The highest BCUT2D eigenvalue weighted by Gasteiger charge is 2.09. The van der Waals surface area contributed by atoms with Crippen LogP contribution in [0.5, 0.6) is 5.75 Å². The van der Waals surface area contributed by atoms with Gasteiger partial charge in [-0.05, 0) is 62.4 Å². The summed E-state index contributed by atoms with van der Waals surface area (Å²) in [5, 5.41) is 8.34. The van der Waals surface area contributed by atoms with Crippen LogP contribution in [0, 0.1) is 0 Å². The van der Waals surface area contributed by atoms with Crippen molar-refractivity contribution >= 4 is 17.6 Å². The SMILES string of the molecule is COc1ccc(-c2nc(CCNC(=O)Nc3ccc(C(=O)NC(C)C)cc3)co2)cc1. The van der Waals surface area contributed by atoms with Gasteiger partial charge in [-0.3, -0.25) is 4.79 Å². The Morgan fingerprint density at radius 3 is 2.42 bits per heavy atom. The number of hydrogen-bond donors (Lipinski definition) is 3. The van der Waals surface area contributed by atoms with E-state index < -0.39 is 0 Å². The van der Waals surface area contributed by atoms with Crippen molar-refractivity contribution in [2.45, 2.75) is 26.3 Å². The normalized spacial score (nSPS) is 10.6. The van der Waals surface area contributed by atoms with Gasteiger partial charge in [0.25, 0.3) is 5.91 Å². The molecule has 8 nitrogen and oxygen atoms in total. The van der Waals surface area contributed by atoms with E-state index >= 15 is 0 Å². The second-order valence-electron chi connectivity index (χ2n) is 7.21. The monoisotopic (exact) mass is 422 g/mol. The summed E-state index contributed by atoms with van der Waals surface area (Å²) < 4.78 is 10.7. The van der Waals surface area contributed by atoms with Gasteiger partial charge in [0.2, 0.25) is 5.89 Å². The number of amides is 3. The van der Waals surface area contributed by atoms with Crippen molar-refractivity contribution in [3.63, 3.8) is 0 Å². The van der Waals surface area contributed by atoms with Crippen molar-refractivity contribution in [2.24, 2.45) is 0 Å². The van der Waals surface area contributed by atoms with Crippen molar-refractivity contribution in [3.8, 4) is 17.2 Å². The zero-order valence-electron chi connectivity index (χ0n) is 17.8. The summed E-state index contributed by atoms with van der Waals surface area (Å²) in [4.78, 5) is 28.5. The molecule has 0 atom stereocenters. The molecule has 0 saturated heterocycles. The zero-order valence-corrected chi connectivity index (χ0v) is 17.8. The lowest BCUT2D eigenvalue weighted by molar-refractivity contribution is 0.0943. The van der Waals surface area contributed by atoms with Crippen molar-refractivity contribution in [1.82, 2.24) is 15.6 Å². The number of carbonyl (C=O) groups excluding carboxylic acids is 2. The second-order valence-corrected chi connectivity index (χ2v) is 7.21. The number of methoxy groups -OCH3 is 1. The Balaban J connectivity index is 1.45. The molecule has 3 aromatic rings. The van der Waals surface area contributed by atoms with Crippen LogP contribution in [0.2, 0.25) is 0 Å². The van der Waals surface area contributed by atoms with Gasteiger partial charge in [0.15, 0.2) is 0 Å². The third-order valence-electron chi connectivity index (χ3n) is 4.38. The van der Waals surface area contributed by atoms with Crippen LogP contribution in [-0.4, -0.2) is 36.6 Å². The third-order valence-corrected chi connectivity index (χ3v) is 4.38. The van der Waals surface area contributed by atoms with E-state index in [-0.39, 0.29) is 18.0 Å². The predicted molar refractivity (Wildman–Crippen MR) is 118 cm³/mol. The van der Waals surface area contributed by atoms with Crippen LogP contribution < -0.4 is 20.7 Å². The zero-order chi connectivity index (χ0) is 22.2. The highest BCUT2D eigenvalue weighted by Crippen LogP contribution is 2.21. The molecule has 2 aromatic carbocycles. The molecular formula is C23H26N4O4. The van der Waals surface area contributed by atoms with Crippen LogP contribution >= 0.6 is 0 Å². The number of carbonyl (C=O) groups is 2. The van der Waals surface area contributed by atoms with Crippen LogP contribution in [0.25, 0.3) is 11.5 Å². The van der Waals surface area contributed by atoms with Crippen LogP contribution in [0.4, 0.5) is 10.5 Å². The summed E-state index contributed by atoms with van der Waals surface area (Å²) in [6.07, 6.45) is 2.11. The standard InChI is InChI=1S/C23H26N4O4/c1-15(2)25-21(28)16-4-8-18(9-5-16)27-23(29)24-13-12-19-14-31-22(26-19)17-6-10-20(30-3)11-7-17/h4-11,14-15H,12-13H2,1-3H3,(H,25,28)(H2,24,27,29). The van der Waals surface area contributed by atoms with Crippen molar-refractivity contribution in [1.29, 1.82) is 0 Å². The van der Waals surface area contributed by atoms with Crippen LogP contribution in [-0.2, 0) is 6.42 Å². The van der Waals surface area contributed by atoms with Gasteiger partial charge < -0.3 is 25.1 Å². The van der Waals surface area contributed by atoms with E-state index in [1.54, 1.807) is 37.6 Å². The maximum absolute atomic E-state index is 12.1. The number of nitrogens with one attached hydrogen (secondary N) is 3. The van der Waals surface area contributed by atoms with E-state index in [9.17, 15) is 9.59 Å². The Kier molecular flexibility index (Phi) is 7.26. The van der Waals surface area contributed by atoms with E-state index in [0.717, 1.165) is 17.0 Å². The Morgan fingerprint density at radius 1 is 1.06 bits per heavy atom. The number of hydrogen-bond acceptors (Lipinski definition) is 5. The number of benzene rings is 2. The highest BCUT2D eigenvalue weighted by molar-refractivity contribution is 5.95. The Hall–Kier alpha value is -3.81. The van der Waals surface area contributed by atoms with E-state index in [0.29, 0.717) is 30.1 Å².